The zero-order valence-electron chi connectivity index (χ0n) is 19.0. The third-order valence-electron chi connectivity index (χ3n) is 7.23. The Kier molecular flexibility index (Phi) is 6.63. The molecule has 2 aliphatic rings. The highest BCUT2D eigenvalue weighted by molar-refractivity contribution is 7.99. The molecule has 1 atom stereocenters. The van der Waals surface area contributed by atoms with Crippen LogP contribution in [0.3, 0.4) is 0 Å². The number of nitrogens with zero attached hydrogens (tertiary/aromatic N) is 2. The van der Waals surface area contributed by atoms with Gasteiger partial charge < -0.3 is 14.4 Å². The number of carboxylic acid groups (broad SMARTS) is 1. The Balaban J connectivity index is 1.12. The van der Waals surface area contributed by atoms with Gasteiger partial charge in [-0.1, -0.05) is 30.7 Å². The van der Waals surface area contributed by atoms with Crippen LogP contribution in [-0.2, 0) is 0 Å². The van der Waals surface area contributed by atoms with Gasteiger partial charge in [0.25, 0.3) is 6.01 Å². The van der Waals surface area contributed by atoms with Crippen molar-refractivity contribution in [3.63, 3.8) is 0 Å². The lowest BCUT2D eigenvalue weighted by molar-refractivity contribution is 0.0693. The molecule has 5 nitrogen and oxygen atoms in total. The highest BCUT2D eigenvalue weighted by atomic mass is 32.2. The van der Waals surface area contributed by atoms with Crippen LogP contribution in [0.5, 0.6) is 0 Å². The Bertz CT molecular complexity index is 1070. The molecule has 0 bridgehead atoms. The minimum Gasteiger partial charge on any atom is -0.478 e. The second kappa shape index (κ2) is 9.80. The lowest BCUT2D eigenvalue weighted by Crippen LogP contribution is -2.26. The number of carboxylic acids is 1. The van der Waals surface area contributed by atoms with Crippen molar-refractivity contribution in [3.05, 3.63) is 54.1 Å². The van der Waals surface area contributed by atoms with Crippen LogP contribution in [0.4, 0.5) is 6.01 Å². The molecule has 2 fully saturated rings. The molecule has 1 spiro atoms. The number of para-hydroxylation sites is 2. The highest BCUT2D eigenvalue weighted by Gasteiger charge is 2.61. The molecule has 1 aromatic heterocycles. The molecule has 1 heterocycles. The van der Waals surface area contributed by atoms with Crippen LogP contribution in [0.15, 0.2) is 57.8 Å². The Morgan fingerprint density at radius 2 is 1.82 bits per heavy atom. The molecule has 1 N–H and O–H groups in total. The molecule has 2 aliphatic carbocycles. The lowest BCUT2D eigenvalue weighted by Gasteiger charge is -2.20. The van der Waals surface area contributed by atoms with Crippen LogP contribution in [0.2, 0.25) is 0 Å². The summed E-state index contributed by atoms with van der Waals surface area (Å²) in [5.41, 5.74) is 2.94. The summed E-state index contributed by atoms with van der Waals surface area (Å²) in [5, 5.41) is 9.36. The first-order valence-electron chi connectivity index (χ1n) is 12.2. The maximum atomic E-state index is 11.4. The zero-order valence-corrected chi connectivity index (χ0v) is 19.9. The summed E-state index contributed by atoms with van der Waals surface area (Å²) in [6.07, 6.45) is 10.3. The molecule has 2 aromatic carbocycles. The Hall–Kier alpha value is -2.47. The van der Waals surface area contributed by atoms with Gasteiger partial charge in [0.05, 0.1) is 5.56 Å². The molecule has 0 amide bonds. The molecular formula is C27H32N2O3S. The zero-order chi connectivity index (χ0) is 22.7. The molecule has 0 saturated heterocycles. The molecule has 2 saturated carbocycles. The van der Waals surface area contributed by atoms with E-state index < -0.39 is 5.97 Å². The fourth-order valence-corrected chi connectivity index (χ4v) is 6.01. The van der Waals surface area contributed by atoms with Crippen molar-refractivity contribution in [3.8, 4) is 0 Å². The molecule has 1 unspecified atom stereocenters. The van der Waals surface area contributed by atoms with Gasteiger partial charge in [0.15, 0.2) is 5.58 Å². The van der Waals surface area contributed by atoms with Gasteiger partial charge in [0, 0.05) is 18.0 Å². The topological polar surface area (TPSA) is 66.6 Å². The van der Waals surface area contributed by atoms with E-state index in [1.165, 1.54) is 38.5 Å². The molecule has 0 aliphatic heterocycles. The summed E-state index contributed by atoms with van der Waals surface area (Å²) < 4.78 is 6.08. The monoisotopic (exact) mass is 464 g/mol. The number of benzene rings is 2. The second-order valence-electron chi connectivity index (χ2n) is 9.57. The molecule has 6 heteroatoms. The van der Waals surface area contributed by atoms with Crippen LogP contribution >= 0.6 is 11.8 Å². The van der Waals surface area contributed by atoms with Crippen molar-refractivity contribution >= 4 is 34.8 Å². The summed E-state index contributed by atoms with van der Waals surface area (Å²) in [5.74, 6) is 1.04. The number of hydrogen-bond acceptors (Lipinski definition) is 5. The number of anilines is 1. The van der Waals surface area contributed by atoms with Crippen molar-refractivity contribution in [2.75, 3.05) is 23.7 Å². The number of rotatable bonds is 13. The maximum Gasteiger partial charge on any atom is 0.336 e. The highest BCUT2D eigenvalue weighted by Crippen LogP contribution is 2.71. The predicted molar refractivity (Wildman–Crippen MR) is 133 cm³/mol. The summed E-state index contributed by atoms with van der Waals surface area (Å²) >= 11 is 1.63. The fourth-order valence-electron chi connectivity index (χ4n) is 4.96. The van der Waals surface area contributed by atoms with E-state index in [1.54, 1.807) is 23.9 Å². The number of hydrogen-bond donors (Lipinski definition) is 1. The van der Waals surface area contributed by atoms with Crippen LogP contribution in [0.1, 0.15) is 61.7 Å². The number of fused-ring (bicyclic) bond motifs is 1. The quantitative estimate of drug-likeness (QED) is 0.220. The van der Waals surface area contributed by atoms with E-state index >= 15 is 0 Å². The van der Waals surface area contributed by atoms with Gasteiger partial charge in [0.1, 0.15) is 5.52 Å². The standard InChI is InChI=1S/C27H32N2O3S/c30-25(31)21-10-1-4-13-24(21)33-18-8-7-17-29(16-6-5-9-20-19-27(20)14-15-27)26-28-22-11-2-3-12-23(22)32-26/h1-4,10-13,20H,5-9,14-19H2,(H,30,31). The summed E-state index contributed by atoms with van der Waals surface area (Å²) in [7, 11) is 0. The number of unbranched alkanes of at least 4 members (excludes halogenated alkanes) is 2. The molecule has 33 heavy (non-hydrogen) atoms. The largest absolute Gasteiger partial charge is 0.478 e. The first-order valence-corrected chi connectivity index (χ1v) is 13.2. The van der Waals surface area contributed by atoms with Crippen molar-refractivity contribution in [2.45, 2.75) is 56.3 Å². The summed E-state index contributed by atoms with van der Waals surface area (Å²) in [6, 6.07) is 15.9. The van der Waals surface area contributed by atoms with Crippen LogP contribution in [0, 0.1) is 11.3 Å². The first-order chi connectivity index (χ1) is 16.1. The van der Waals surface area contributed by atoms with Crippen molar-refractivity contribution < 1.29 is 14.3 Å². The van der Waals surface area contributed by atoms with Gasteiger partial charge in [-0.3, -0.25) is 0 Å². The smallest absolute Gasteiger partial charge is 0.336 e. The minimum atomic E-state index is -0.862. The Labute approximate surface area is 199 Å². The first kappa shape index (κ1) is 22.3. The third kappa shape index (κ3) is 5.37. The van der Waals surface area contributed by atoms with Gasteiger partial charge >= 0.3 is 5.97 Å². The van der Waals surface area contributed by atoms with E-state index in [0.29, 0.717) is 5.56 Å². The Morgan fingerprint density at radius 3 is 2.58 bits per heavy atom. The average molecular weight is 465 g/mol. The Morgan fingerprint density at radius 1 is 1.06 bits per heavy atom. The van der Waals surface area contributed by atoms with E-state index in [1.807, 2.05) is 36.4 Å². The average Bonchev–Trinajstić information content (AvgIpc) is 3.70. The molecule has 174 valence electrons. The number of aromatic nitrogens is 1. The van der Waals surface area contributed by atoms with Gasteiger partial charge in [-0.2, -0.15) is 4.98 Å². The van der Waals surface area contributed by atoms with Gasteiger partial charge in [-0.25, -0.2) is 4.79 Å². The molecular weight excluding hydrogens is 432 g/mol. The number of carbonyl (C=O) groups is 1. The predicted octanol–water partition coefficient (Wildman–Crippen LogP) is 6.88. The van der Waals surface area contributed by atoms with E-state index in [2.05, 4.69) is 4.90 Å². The fraction of sp³-hybridized carbons (Fsp3) is 0.481. The van der Waals surface area contributed by atoms with Crippen molar-refractivity contribution in [1.82, 2.24) is 4.98 Å². The summed E-state index contributed by atoms with van der Waals surface area (Å²) in [4.78, 5) is 19.3. The number of oxazole rings is 1. The molecule has 3 aromatic rings. The van der Waals surface area contributed by atoms with E-state index in [4.69, 9.17) is 9.40 Å². The van der Waals surface area contributed by atoms with Crippen molar-refractivity contribution in [1.29, 1.82) is 0 Å². The van der Waals surface area contributed by atoms with E-state index in [9.17, 15) is 9.90 Å². The lowest BCUT2D eigenvalue weighted by atomic mass is 10.1. The maximum absolute atomic E-state index is 11.4. The SMILES string of the molecule is O=C(O)c1ccccc1SCCCCN(CCCCC1CC12CC2)c1nc2ccccc2o1. The van der Waals surface area contributed by atoms with E-state index in [0.717, 1.165) is 65.0 Å². The van der Waals surface area contributed by atoms with Crippen LogP contribution < -0.4 is 4.90 Å². The minimum absolute atomic E-state index is 0.388. The summed E-state index contributed by atoms with van der Waals surface area (Å²) in [6.45, 7) is 1.88. The molecule has 0 radical (unpaired) electrons. The molecule has 5 rings (SSSR count). The van der Waals surface area contributed by atoms with Crippen molar-refractivity contribution in [2.24, 2.45) is 11.3 Å². The number of thioether (sulfide) groups is 1. The van der Waals surface area contributed by atoms with Gasteiger partial charge in [-0.15, -0.1) is 11.8 Å². The van der Waals surface area contributed by atoms with Gasteiger partial charge in [0.2, 0.25) is 0 Å². The second-order valence-corrected chi connectivity index (χ2v) is 10.7. The third-order valence-corrected chi connectivity index (χ3v) is 8.39. The van der Waals surface area contributed by atoms with Crippen LogP contribution in [-0.4, -0.2) is 34.9 Å². The normalized spacial score (nSPS) is 18.0. The van der Waals surface area contributed by atoms with Gasteiger partial charge in [-0.05, 0) is 86.3 Å². The van der Waals surface area contributed by atoms with Crippen LogP contribution in [0.25, 0.3) is 11.1 Å². The van der Waals surface area contributed by atoms with E-state index in [-0.39, 0.29) is 0 Å². The number of aromatic carboxylic acids is 1.